The van der Waals surface area contributed by atoms with Gasteiger partial charge in [0.25, 0.3) is 5.91 Å². The summed E-state index contributed by atoms with van der Waals surface area (Å²) in [6, 6.07) is 10.4. The first-order valence-electron chi connectivity index (χ1n) is 9.22. The summed E-state index contributed by atoms with van der Waals surface area (Å²) in [6.07, 6.45) is 2.02. The lowest BCUT2D eigenvalue weighted by molar-refractivity contribution is -0.136. The molecule has 2 aromatic heterocycles. The second-order valence-electron chi connectivity index (χ2n) is 6.75. The summed E-state index contributed by atoms with van der Waals surface area (Å²) in [5.74, 6) is -0.397. The van der Waals surface area contributed by atoms with E-state index < -0.39 is 24.5 Å². The maximum atomic E-state index is 12.9. The minimum atomic E-state index is -0.568. The van der Waals surface area contributed by atoms with E-state index in [9.17, 15) is 9.59 Å². The number of esters is 1. The van der Waals surface area contributed by atoms with Gasteiger partial charge in [0.2, 0.25) is 0 Å². The SMILES string of the molecule is Cc1nc(C)c(C(=O)OCC(=O)N2N=C(c3ccc(Cl)cc3)CC2c2ccco2)s1. The van der Waals surface area contributed by atoms with Crippen LogP contribution in [0, 0.1) is 13.8 Å². The molecular formula is C21H18ClN3O4S. The van der Waals surface area contributed by atoms with E-state index >= 15 is 0 Å². The van der Waals surface area contributed by atoms with E-state index in [2.05, 4.69) is 10.1 Å². The maximum absolute atomic E-state index is 12.9. The van der Waals surface area contributed by atoms with Crippen LogP contribution in [0.5, 0.6) is 0 Å². The first kappa shape index (κ1) is 20.3. The predicted molar refractivity (Wildman–Crippen MR) is 113 cm³/mol. The molecule has 1 aliphatic rings. The number of hydrogen-bond donors (Lipinski definition) is 0. The topological polar surface area (TPSA) is 85.0 Å². The van der Waals surface area contributed by atoms with Gasteiger partial charge in [0.15, 0.2) is 6.61 Å². The Morgan fingerprint density at radius 3 is 2.67 bits per heavy atom. The third-order valence-electron chi connectivity index (χ3n) is 4.63. The summed E-state index contributed by atoms with van der Waals surface area (Å²) in [4.78, 5) is 29.8. The normalized spacial score (nSPS) is 15.9. The van der Waals surface area contributed by atoms with Crippen LogP contribution in [0.1, 0.15) is 44.2 Å². The van der Waals surface area contributed by atoms with E-state index in [1.54, 1.807) is 37.5 Å². The number of aryl methyl sites for hydroxylation is 2. The summed E-state index contributed by atoms with van der Waals surface area (Å²) in [6.45, 7) is 3.12. The number of ether oxygens (including phenoxy) is 1. The van der Waals surface area contributed by atoms with Gasteiger partial charge < -0.3 is 9.15 Å². The van der Waals surface area contributed by atoms with Crippen LogP contribution in [-0.2, 0) is 9.53 Å². The Labute approximate surface area is 181 Å². The van der Waals surface area contributed by atoms with Crippen molar-refractivity contribution in [1.29, 1.82) is 0 Å². The van der Waals surface area contributed by atoms with Crippen LogP contribution >= 0.6 is 22.9 Å². The van der Waals surface area contributed by atoms with Gasteiger partial charge in [-0.1, -0.05) is 23.7 Å². The molecule has 0 radical (unpaired) electrons. The zero-order valence-corrected chi connectivity index (χ0v) is 17.9. The Bertz CT molecular complexity index is 1110. The number of carbonyl (C=O) groups excluding carboxylic acids is 2. The van der Waals surface area contributed by atoms with Crippen molar-refractivity contribution in [2.75, 3.05) is 6.61 Å². The van der Waals surface area contributed by atoms with Crippen molar-refractivity contribution in [3.8, 4) is 0 Å². The lowest BCUT2D eigenvalue weighted by Crippen LogP contribution is -2.31. The van der Waals surface area contributed by atoms with Crippen LogP contribution in [0.3, 0.4) is 0 Å². The monoisotopic (exact) mass is 443 g/mol. The van der Waals surface area contributed by atoms with Gasteiger partial charge >= 0.3 is 5.97 Å². The van der Waals surface area contributed by atoms with Crippen molar-refractivity contribution in [2.45, 2.75) is 26.3 Å². The quantitative estimate of drug-likeness (QED) is 0.540. The number of furan rings is 1. The average molecular weight is 444 g/mol. The molecule has 154 valence electrons. The molecule has 9 heteroatoms. The van der Waals surface area contributed by atoms with Crippen molar-refractivity contribution < 1.29 is 18.7 Å². The van der Waals surface area contributed by atoms with Crippen LogP contribution in [0.4, 0.5) is 0 Å². The van der Waals surface area contributed by atoms with Crippen molar-refractivity contribution >= 4 is 40.5 Å². The lowest BCUT2D eigenvalue weighted by Gasteiger charge is -2.19. The number of benzene rings is 1. The number of nitrogens with zero attached hydrogens (tertiary/aromatic N) is 3. The smallest absolute Gasteiger partial charge is 0.350 e. The summed E-state index contributed by atoms with van der Waals surface area (Å²) < 4.78 is 10.8. The second kappa shape index (κ2) is 8.41. The third-order valence-corrected chi connectivity index (χ3v) is 5.94. The molecule has 30 heavy (non-hydrogen) atoms. The largest absolute Gasteiger partial charge is 0.467 e. The van der Waals surface area contributed by atoms with Crippen LogP contribution < -0.4 is 0 Å². The van der Waals surface area contributed by atoms with E-state index in [0.717, 1.165) is 16.3 Å². The Morgan fingerprint density at radius 1 is 1.27 bits per heavy atom. The van der Waals surface area contributed by atoms with Crippen LogP contribution in [0.25, 0.3) is 0 Å². The number of hydrogen-bond acceptors (Lipinski definition) is 7. The number of carbonyl (C=O) groups is 2. The number of hydrazone groups is 1. The van der Waals surface area contributed by atoms with Gasteiger partial charge in [-0.15, -0.1) is 11.3 Å². The summed E-state index contributed by atoms with van der Waals surface area (Å²) in [5.41, 5.74) is 2.17. The number of rotatable bonds is 5. The van der Waals surface area contributed by atoms with Gasteiger partial charge in [-0.05, 0) is 43.7 Å². The number of thiazole rings is 1. The Kier molecular flexibility index (Phi) is 5.69. The highest BCUT2D eigenvalue weighted by molar-refractivity contribution is 7.13. The molecule has 0 spiro atoms. The van der Waals surface area contributed by atoms with Crippen molar-refractivity contribution in [1.82, 2.24) is 9.99 Å². The van der Waals surface area contributed by atoms with Crippen LogP contribution in [-0.4, -0.2) is 34.2 Å². The highest BCUT2D eigenvalue weighted by Crippen LogP contribution is 2.33. The highest BCUT2D eigenvalue weighted by Gasteiger charge is 2.35. The molecule has 1 aromatic carbocycles. The number of aromatic nitrogens is 1. The summed E-state index contributed by atoms with van der Waals surface area (Å²) >= 11 is 7.21. The van der Waals surface area contributed by atoms with E-state index in [0.29, 0.717) is 27.8 Å². The molecule has 1 atom stereocenters. The molecule has 0 saturated carbocycles. The van der Waals surface area contributed by atoms with Crippen LogP contribution in [0.15, 0.2) is 52.2 Å². The highest BCUT2D eigenvalue weighted by atomic mass is 35.5. The standard InChI is InChI=1S/C21H18ClN3O4S/c1-12-20(30-13(2)23-12)21(27)29-11-19(26)25-17(18-4-3-9-28-18)10-16(24-25)14-5-7-15(22)8-6-14/h3-9,17H,10-11H2,1-2H3. The molecule has 3 aromatic rings. The third kappa shape index (κ3) is 4.15. The average Bonchev–Trinajstić information content (AvgIpc) is 3.45. The zero-order chi connectivity index (χ0) is 21.3. The van der Waals surface area contributed by atoms with Gasteiger partial charge in [0, 0.05) is 11.4 Å². The zero-order valence-electron chi connectivity index (χ0n) is 16.3. The fraction of sp³-hybridized carbons (Fsp3) is 0.238. The Balaban J connectivity index is 1.52. The van der Waals surface area contributed by atoms with E-state index in [4.69, 9.17) is 20.8 Å². The minimum Gasteiger partial charge on any atom is -0.467 e. The van der Waals surface area contributed by atoms with Gasteiger partial charge in [0.1, 0.15) is 16.7 Å². The molecule has 0 bridgehead atoms. The Hall–Kier alpha value is -2.97. The van der Waals surface area contributed by atoms with Crippen LogP contribution in [0.2, 0.25) is 5.02 Å². The first-order chi connectivity index (χ1) is 14.4. The summed E-state index contributed by atoms with van der Waals surface area (Å²) in [5, 5.41) is 7.20. The van der Waals surface area contributed by atoms with E-state index in [1.165, 1.54) is 16.3 Å². The van der Waals surface area contributed by atoms with E-state index in [-0.39, 0.29) is 0 Å². The fourth-order valence-corrected chi connectivity index (χ4v) is 4.18. The maximum Gasteiger partial charge on any atom is 0.350 e. The Morgan fingerprint density at radius 2 is 2.03 bits per heavy atom. The molecule has 7 nitrogen and oxygen atoms in total. The first-order valence-corrected chi connectivity index (χ1v) is 10.4. The van der Waals surface area contributed by atoms with Crippen molar-refractivity contribution in [3.63, 3.8) is 0 Å². The lowest BCUT2D eigenvalue weighted by atomic mass is 10.0. The van der Waals surface area contributed by atoms with Gasteiger partial charge in [-0.2, -0.15) is 5.10 Å². The van der Waals surface area contributed by atoms with Gasteiger partial charge in [0.05, 0.1) is 22.7 Å². The minimum absolute atomic E-state index is 0.398. The van der Waals surface area contributed by atoms with Gasteiger partial charge in [-0.3, -0.25) is 4.79 Å². The molecule has 3 heterocycles. The van der Waals surface area contributed by atoms with E-state index in [1.807, 2.05) is 19.1 Å². The molecule has 1 aliphatic heterocycles. The number of amides is 1. The van der Waals surface area contributed by atoms with Crippen molar-refractivity contribution in [2.24, 2.45) is 5.10 Å². The molecule has 0 saturated heterocycles. The predicted octanol–water partition coefficient (Wildman–Crippen LogP) is 4.54. The molecule has 0 N–H and O–H groups in total. The fourth-order valence-electron chi connectivity index (χ4n) is 3.24. The molecule has 0 fully saturated rings. The molecule has 4 rings (SSSR count). The molecule has 1 unspecified atom stereocenters. The van der Waals surface area contributed by atoms with Gasteiger partial charge in [-0.25, -0.2) is 14.8 Å². The number of halogens is 1. The molecule has 1 amide bonds. The molecular weight excluding hydrogens is 426 g/mol. The second-order valence-corrected chi connectivity index (χ2v) is 8.39. The van der Waals surface area contributed by atoms with Crippen molar-refractivity contribution in [3.05, 3.63) is 74.6 Å². The summed E-state index contributed by atoms with van der Waals surface area (Å²) in [7, 11) is 0. The molecule has 0 aliphatic carbocycles.